The molecule has 2 amide bonds. The standard InChI is InChI=1S/C12H23N5O4/c1-6(13)9(19)7(5-18)8(14)10(16-17-11(15)20)21-12(2,3)4/h5-8H,13-14H2,1-4H3,(H3,15,17,20)/t6-,7+,8?/m0/s1. The topological polar surface area (TPSA) is 163 Å². The fourth-order valence-corrected chi connectivity index (χ4v) is 1.38. The Balaban J connectivity index is 5.38. The van der Waals surface area contributed by atoms with E-state index in [1.807, 2.05) is 5.43 Å². The number of ether oxygens (including phenoxy) is 1. The maximum absolute atomic E-state index is 11.9. The molecule has 0 saturated carbocycles. The van der Waals surface area contributed by atoms with Crippen LogP contribution in [0.15, 0.2) is 5.10 Å². The number of urea groups is 1. The van der Waals surface area contributed by atoms with Gasteiger partial charge >= 0.3 is 6.03 Å². The minimum Gasteiger partial charge on any atom is -0.473 e. The summed E-state index contributed by atoms with van der Waals surface area (Å²) in [5.74, 6) is -1.98. The predicted octanol–water partition coefficient (Wildman–Crippen LogP) is -1.16. The predicted molar refractivity (Wildman–Crippen MR) is 77.2 cm³/mol. The molecule has 0 aliphatic rings. The average molecular weight is 301 g/mol. The van der Waals surface area contributed by atoms with Gasteiger partial charge in [-0.1, -0.05) is 0 Å². The third-order valence-corrected chi connectivity index (χ3v) is 2.28. The minimum absolute atomic E-state index is 0.188. The van der Waals surface area contributed by atoms with Crippen LogP contribution < -0.4 is 22.6 Å². The lowest BCUT2D eigenvalue weighted by Gasteiger charge is -2.27. The number of hydrogen-bond acceptors (Lipinski definition) is 7. The van der Waals surface area contributed by atoms with Crippen LogP contribution in [0, 0.1) is 5.92 Å². The number of carbonyl (C=O) groups is 3. The normalized spacial score (nSPS) is 16.6. The summed E-state index contributed by atoms with van der Waals surface area (Å²) >= 11 is 0. The van der Waals surface area contributed by atoms with Crippen molar-refractivity contribution in [2.24, 2.45) is 28.2 Å². The van der Waals surface area contributed by atoms with Crippen LogP contribution in [0.5, 0.6) is 0 Å². The van der Waals surface area contributed by atoms with Crippen LogP contribution in [0.3, 0.4) is 0 Å². The van der Waals surface area contributed by atoms with E-state index in [9.17, 15) is 14.4 Å². The summed E-state index contributed by atoms with van der Waals surface area (Å²) in [7, 11) is 0. The first kappa shape index (κ1) is 19.0. The highest BCUT2D eigenvalue weighted by Crippen LogP contribution is 2.13. The molecule has 21 heavy (non-hydrogen) atoms. The highest BCUT2D eigenvalue weighted by Gasteiger charge is 2.33. The Morgan fingerprint density at radius 3 is 2.14 bits per heavy atom. The van der Waals surface area contributed by atoms with E-state index in [1.165, 1.54) is 6.92 Å². The first-order chi connectivity index (χ1) is 9.49. The highest BCUT2D eigenvalue weighted by molar-refractivity contribution is 6.02. The van der Waals surface area contributed by atoms with Gasteiger partial charge in [-0.3, -0.25) is 4.79 Å². The van der Waals surface area contributed by atoms with Crippen LogP contribution >= 0.6 is 0 Å². The van der Waals surface area contributed by atoms with E-state index in [0.29, 0.717) is 6.29 Å². The molecule has 0 radical (unpaired) electrons. The molecular weight excluding hydrogens is 278 g/mol. The SMILES string of the molecule is C[C@H](N)C(=O)[C@H](C=O)C(N)C(=NNC(N)=O)OC(C)(C)C. The van der Waals surface area contributed by atoms with Gasteiger partial charge in [0.25, 0.3) is 0 Å². The smallest absolute Gasteiger partial charge is 0.332 e. The summed E-state index contributed by atoms with van der Waals surface area (Å²) in [5, 5.41) is 3.61. The Morgan fingerprint density at radius 1 is 1.29 bits per heavy atom. The number of primary amides is 1. The summed E-state index contributed by atoms with van der Waals surface area (Å²) in [6, 6.07) is -2.99. The molecule has 0 aromatic carbocycles. The Kier molecular flexibility index (Phi) is 6.96. The maximum atomic E-state index is 11.9. The molecule has 9 heteroatoms. The van der Waals surface area contributed by atoms with Crippen molar-refractivity contribution in [3.63, 3.8) is 0 Å². The minimum atomic E-state index is -1.24. The van der Waals surface area contributed by atoms with E-state index in [2.05, 4.69) is 5.10 Å². The van der Waals surface area contributed by atoms with Gasteiger partial charge in [-0.05, 0) is 27.7 Å². The van der Waals surface area contributed by atoms with E-state index >= 15 is 0 Å². The van der Waals surface area contributed by atoms with Gasteiger partial charge in [0.2, 0.25) is 5.90 Å². The van der Waals surface area contributed by atoms with E-state index in [0.717, 1.165) is 0 Å². The van der Waals surface area contributed by atoms with Crippen molar-refractivity contribution in [1.29, 1.82) is 0 Å². The third-order valence-electron chi connectivity index (χ3n) is 2.28. The van der Waals surface area contributed by atoms with Crippen molar-refractivity contribution < 1.29 is 19.1 Å². The van der Waals surface area contributed by atoms with Gasteiger partial charge in [0.1, 0.15) is 11.9 Å². The first-order valence-electron chi connectivity index (χ1n) is 6.31. The third kappa shape index (κ3) is 6.82. The van der Waals surface area contributed by atoms with E-state index in [4.69, 9.17) is 21.9 Å². The number of rotatable bonds is 6. The second kappa shape index (κ2) is 7.70. The quantitative estimate of drug-likeness (QED) is 0.159. The molecule has 3 atom stereocenters. The number of hydrazone groups is 1. The number of nitrogens with two attached hydrogens (primary N) is 3. The number of Topliss-reactive ketones (excluding diaryl/α,β-unsaturated/α-hetero) is 1. The number of nitrogens with one attached hydrogen (secondary N) is 1. The molecule has 0 fully saturated rings. The summed E-state index contributed by atoms with van der Waals surface area (Å²) in [4.78, 5) is 33.7. The zero-order chi connectivity index (χ0) is 16.8. The number of ketones is 1. The van der Waals surface area contributed by atoms with Gasteiger partial charge in [0.15, 0.2) is 5.78 Å². The van der Waals surface area contributed by atoms with Crippen molar-refractivity contribution in [1.82, 2.24) is 5.43 Å². The lowest BCUT2D eigenvalue weighted by atomic mass is 9.93. The molecule has 7 N–H and O–H groups in total. The molecule has 0 aromatic heterocycles. The second-order valence-electron chi connectivity index (χ2n) is 5.52. The number of carbonyl (C=O) groups excluding carboxylic acids is 3. The van der Waals surface area contributed by atoms with Gasteiger partial charge in [0, 0.05) is 0 Å². The molecule has 0 bridgehead atoms. The van der Waals surface area contributed by atoms with Crippen molar-refractivity contribution in [2.45, 2.75) is 45.4 Å². The van der Waals surface area contributed by atoms with Crippen molar-refractivity contribution in [3.8, 4) is 0 Å². The summed E-state index contributed by atoms with van der Waals surface area (Å²) in [6.45, 7) is 6.57. The fraction of sp³-hybridized carbons (Fsp3) is 0.667. The lowest BCUT2D eigenvalue weighted by molar-refractivity contribution is -0.128. The second-order valence-corrected chi connectivity index (χ2v) is 5.52. The molecule has 9 nitrogen and oxygen atoms in total. The zero-order valence-electron chi connectivity index (χ0n) is 12.6. The number of amides is 2. The number of aldehydes is 1. The molecular formula is C12H23N5O4. The summed E-state index contributed by atoms with van der Waals surface area (Å²) < 4.78 is 5.47. The van der Waals surface area contributed by atoms with Crippen LogP contribution in [0.2, 0.25) is 0 Å². The van der Waals surface area contributed by atoms with E-state index in [1.54, 1.807) is 20.8 Å². The lowest BCUT2D eigenvalue weighted by Crippen LogP contribution is -2.50. The van der Waals surface area contributed by atoms with E-state index in [-0.39, 0.29) is 5.90 Å². The van der Waals surface area contributed by atoms with Crippen LogP contribution in [-0.2, 0) is 14.3 Å². The number of hydrogen-bond donors (Lipinski definition) is 4. The molecule has 0 aliphatic carbocycles. The molecule has 1 unspecified atom stereocenters. The molecule has 0 rings (SSSR count). The molecule has 120 valence electrons. The molecule has 0 spiro atoms. The largest absolute Gasteiger partial charge is 0.473 e. The summed E-state index contributed by atoms with van der Waals surface area (Å²) in [6.07, 6.45) is 0.377. The Morgan fingerprint density at radius 2 is 1.81 bits per heavy atom. The van der Waals surface area contributed by atoms with Crippen molar-refractivity contribution >= 4 is 24.0 Å². The van der Waals surface area contributed by atoms with Gasteiger partial charge in [-0.2, -0.15) is 0 Å². The average Bonchev–Trinajstić information content (AvgIpc) is 2.33. The first-order valence-corrected chi connectivity index (χ1v) is 6.31. The fourth-order valence-electron chi connectivity index (χ4n) is 1.38. The Hall–Kier alpha value is -2.00. The molecule has 0 aliphatic heterocycles. The highest BCUT2D eigenvalue weighted by atomic mass is 16.5. The van der Waals surface area contributed by atoms with Gasteiger partial charge in [-0.15, -0.1) is 5.10 Å². The Bertz CT molecular complexity index is 428. The van der Waals surface area contributed by atoms with Crippen molar-refractivity contribution in [2.75, 3.05) is 0 Å². The Labute approximate surface area is 123 Å². The molecule has 0 saturated heterocycles. The maximum Gasteiger partial charge on any atom is 0.332 e. The van der Waals surface area contributed by atoms with Crippen LogP contribution in [0.4, 0.5) is 4.79 Å². The van der Waals surface area contributed by atoms with Gasteiger partial charge < -0.3 is 26.7 Å². The van der Waals surface area contributed by atoms with Gasteiger partial charge in [-0.25, -0.2) is 10.2 Å². The summed E-state index contributed by atoms with van der Waals surface area (Å²) in [5.41, 5.74) is 17.5. The zero-order valence-corrected chi connectivity index (χ0v) is 12.6. The number of nitrogens with zero attached hydrogens (tertiary/aromatic N) is 1. The molecule has 0 aromatic rings. The van der Waals surface area contributed by atoms with Crippen LogP contribution in [0.1, 0.15) is 27.7 Å². The van der Waals surface area contributed by atoms with E-state index < -0.39 is 35.4 Å². The monoisotopic (exact) mass is 301 g/mol. The van der Waals surface area contributed by atoms with Crippen molar-refractivity contribution in [3.05, 3.63) is 0 Å². The molecule has 0 heterocycles. The van der Waals surface area contributed by atoms with Gasteiger partial charge in [0.05, 0.1) is 18.0 Å². The van der Waals surface area contributed by atoms with Crippen LogP contribution in [0.25, 0.3) is 0 Å². The van der Waals surface area contributed by atoms with Crippen LogP contribution in [-0.4, -0.2) is 41.7 Å².